The summed E-state index contributed by atoms with van der Waals surface area (Å²) in [6.07, 6.45) is 0. The topological polar surface area (TPSA) is 64.4 Å². The molecule has 0 aliphatic heterocycles. The van der Waals surface area contributed by atoms with Crippen molar-refractivity contribution in [3.63, 3.8) is 0 Å². The van der Waals surface area contributed by atoms with Crippen LogP contribution in [0.3, 0.4) is 0 Å². The third-order valence-electron chi connectivity index (χ3n) is 2.73. The van der Waals surface area contributed by atoms with Crippen molar-refractivity contribution in [3.8, 4) is 5.75 Å². The lowest BCUT2D eigenvalue weighted by molar-refractivity contribution is -0.384. The average Bonchev–Trinajstić information content (AvgIpc) is 2.45. The molecule has 2 rings (SSSR count). The van der Waals surface area contributed by atoms with Crippen LogP contribution in [0.25, 0.3) is 0 Å². The molecule has 0 atom stereocenters. The molecule has 0 heterocycles. The predicted octanol–water partition coefficient (Wildman–Crippen LogP) is 3.82. The molecule has 20 heavy (non-hydrogen) atoms. The monoisotopic (exact) mass is 384 g/mol. The molecular formula is C14H13IN2O3. The summed E-state index contributed by atoms with van der Waals surface area (Å²) in [4.78, 5) is 10.6. The van der Waals surface area contributed by atoms with Crippen LogP contribution >= 0.6 is 22.6 Å². The minimum atomic E-state index is -0.402. The second-order valence-electron chi connectivity index (χ2n) is 4.10. The number of nitro groups is 1. The highest BCUT2D eigenvalue weighted by Gasteiger charge is 2.13. The maximum atomic E-state index is 11.0. The number of hydrogen-bond donors (Lipinski definition) is 1. The van der Waals surface area contributed by atoms with Gasteiger partial charge in [-0.2, -0.15) is 0 Å². The Hall–Kier alpha value is -1.83. The molecule has 0 aliphatic carbocycles. The number of nitrogens with one attached hydrogen (secondary N) is 1. The van der Waals surface area contributed by atoms with E-state index < -0.39 is 4.92 Å². The lowest BCUT2D eigenvalue weighted by atomic mass is 10.2. The van der Waals surface area contributed by atoms with Crippen molar-refractivity contribution in [1.29, 1.82) is 0 Å². The highest BCUT2D eigenvalue weighted by Crippen LogP contribution is 2.25. The molecule has 5 nitrogen and oxygen atoms in total. The number of hydrogen-bond acceptors (Lipinski definition) is 4. The summed E-state index contributed by atoms with van der Waals surface area (Å²) in [5, 5.41) is 13.8. The molecule has 0 saturated carbocycles. The Morgan fingerprint density at radius 2 is 2.10 bits per heavy atom. The fraction of sp³-hybridized carbons (Fsp3) is 0.143. The highest BCUT2D eigenvalue weighted by atomic mass is 127. The van der Waals surface area contributed by atoms with E-state index in [0.717, 1.165) is 14.9 Å². The average molecular weight is 384 g/mol. The zero-order chi connectivity index (χ0) is 14.5. The molecule has 0 unspecified atom stereocenters. The first-order valence-electron chi connectivity index (χ1n) is 5.93. The van der Waals surface area contributed by atoms with E-state index in [4.69, 9.17) is 4.74 Å². The number of halogens is 1. The molecule has 0 aliphatic rings. The van der Waals surface area contributed by atoms with Crippen molar-refractivity contribution in [2.45, 2.75) is 6.61 Å². The summed E-state index contributed by atoms with van der Waals surface area (Å²) < 4.78 is 6.71. The van der Waals surface area contributed by atoms with Gasteiger partial charge in [0.2, 0.25) is 0 Å². The van der Waals surface area contributed by atoms with Gasteiger partial charge in [0.1, 0.15) is 18.0 Å². The summed E-state index contributed by atoms with van der Waals surface area (Å²) in [6, 6.07) is 12.7. The van der Waals surface area contributed by atoms with E-state index in [-0.39, 0.29) is 5.69 Å². The Morgan fingerprint density at radius 3 is 2.75 bits per heavy atom. The van der Waals surface area contributed by atoms with Crippen molar-refractivity contribution >= 4 is 34.0 Å². The van der Waals surface area contributed by atoms with Gasteiger partial charge in [0.05, 0.1) is 4.92 Å². The molecule has 0 radical (unpaired) electrons. The number of ether oxygens (including phenoxy) is 1. The van der Waals surface area contributed by atoms with Crippen LogP contribution in [0.4, 0.5) is 11.4 Å². The largest absolute Gasteiger partial charge is 0.489 e. The summed E-state index contributed by atoms with van der Waals surface area (Å²) >= 11 is 2.21. The molecular weight excluding hydrogens is 371 g/mol. The van der Waals surface area contributed by atoms with Gasteiger partial charge in [-0.15, -0.1) is 0 Å². The van der Waals surface area contributed by atoms with E-state index in [2.05, 4.69) is 27.9 Å². The van der Waals surface area contributed by atoms with Gasteiger partial charge in [-0.05, 0) is 52.4 Å². The van der Waals surface area contributed by atoms with Gasteiger partial charge in [-0.25, -0.2) is 0 Å². The minimum Gasteiger partial charge on any atom is -0.489 e. The number of nitrogens with zero attached hydrogens (tertiary/aromatic N) is 1. The van der Waals surface area contributed by atoms with Crippen molar-refractivity contribution in [3.05, 3.63) is 61.7 Å². The van der Waals surface area contributed by atoms with Crippen molar-refractivity contribution in [1.82, 2.24) is 0 Å². The standard InChI is InChI=1S/C14H13IN2O3/c1-16-13-6-5-10(7-14(13)17(18)19)9-20-12-4-2-3-11(15)8-12/h2-8,16H,9H2,1H3. The molecule has 0 fully saturated rings. The van der Waals surface area contributed by atoms with Crippen LogP contribution in [0, 0.1) is 13.7 Å². The lowest BCUT2D eigenvalue weighted by Crippen LogP contribution is -2.00. The predicted molar refractivity (Wildman–Crippen MR) is 86.1 cm³/mol. The number of rotatable bonds is 5. The van der Waals surface area contributed by atoms with Crippen molar-refractivity contribution in [2.75, 3.05) is 12.4 Å². The van der Waals surface area contributed by atoms with Crippen LogP contribution in [0.2, 0.25) is 0 Å². The molecule has 0 amide bonds. The maximum absolute atomic E-state index is 11.0. The molecule has 6 heteroatoms. The zero-order valence-electron chi connectivity index (χ0n) is 10.8. The second kappa shape index (κ2) is 6.56. The van der Waals surface area contributed by atoms with Crippen LogP contribution in [0.5, 0.6) is 5.75 Å². The number of nitro benzene ring substituents is 1. The van der Waals surface area contributed by atoms with E-state index in [0.29, 0.717) is 12.3 Å². The van der Waals surface area contributed by atoms with Gasteiger partial charge in [0.15, 0.2) is 0 Å². The summed E-state index contributed by atoms with van der Waals surface area (Å²) in [5.41, 5.74) is 1.30. The van der Waals surface area contributed by atoms with Gasteiger partial charge in [-0.3, -0.25) is 10.1 Å². The van der Waals surface area contributed by atoms with Crippen LogP contribution in [0.1, 0.15) is 5.56 Å². The Bertz CT molecular complexity index is 632. The van der Waals surface area contributed by atoms with E-state index >= 15 is 0 Å². The van der Waals surface area contributed by atoms with Gasteiger partial charge >= 0.3 is 0 Å². The van der Waals surface area contributed by atoms with Crippen LogP contribution in [-0.2, 0) is 6.61 Å². The summed E-state index contributed by atoms with van der Waals surface area (Å²) in [5.74, 6) is 0.747. The Morgan fingerprint density at radius 1 is 1.30 bits per heavy atom. The van der Waals surface area contributed by atoms with Crippen molar-refractivity contribution in [2.24, 2.45) is 0 Å². The van der Waals surface area contributed by atoms with E-state index in [1.807, 2.05) is 30.3 Å². The van der Waals surface area contributed by atoms with Gasteiger partial charge in [0, 0.05) is 16.7 Å². The third kappa shape index (κ3) is 3.60. The summed E-state index contributed by atoms with van der Waals surface area (Å²) in [7, 11) is 1.66. The van der Waals surface area contributed by atoms with Crippen LogP contribution in [-0.4, -0.2) is 12.0 Å². The first-order chi connectivity index (χ1) is 9.60. The van der Waals surface area contributed by atoms with Gasteiger partial charge in [0.25, 0.3) is 5.69 Å². The van der Waals surface area contributed by atoms with E-state index in [9.17, 15) is 10.1 Å². The Balaban J connectivity index is 2.14. The molecule has 0 aromatic heterocycles. The highest BCUT2D eigenvalue weighted by molar-refractivity contribution is 14.1. The molecule has 1 N–H and O–H groups in total. The molecule has 0 saturated heterocycles. The van der Waals surface area contributed by atoms with E-state index in [1.54, 1.807) is 13.1 Å². The normalized spacial score (nSPS) is 10.1. The molecule has 0 spiro atoms. The first kappa shape index (κ1) is 14.6. The second-order valence-corrected chi connectivity index (χ2v) is 5.35. The third-order valence-corrected chi connectivity index (χ3v) is 3.40. The molecule has 104 valence electrons. The van der Waals surface area contributed by atoms with Gasteiger partial charge < -0.3 is 10.1 Å². The molecule has 0 bridgehead atoms. The van der Waals surface area contributed by atoms with Crippen molar-refractivity contribution < 1.29 is 9.66 Å². The zero-order valence-corrected chi connectivity index (χ0v) is 13.0. The number of benzene rings is 2. The fourth-order valence-corrected chi connectivity index (χ4v) is 2.27. The minimum absolute atomic E-state index is 0.0521. The first-order valence-corrected chi connectivity index (χ1v) is 7.01. The molecule has 2 aromatic rings. The quantitative estimate of drug-likeness (QED) is 0.484. The Kier molecular flexibility index (Phi) is 4.78. The number of anilines is 1. The SMILES string of the molecule is CNc1ccc(COc2cccc(I)c2)cc1[N+](=O)[O-]. The molecule has 2 aromatic carbocycles. The van der Waals surface area contributed by atoms with E-state index in [1.165, 1.54) is 6.07 Å². The van der Waals surface area contributed by atoms with Crippen LogP contribution in [0.15, 0.2) is 42.5 Å². The maximum Gasteiger partial charge on any atom is 0.292 e. The Labute approximate surface area is 130 Å². The summed E-state index contributed by atoms with van der Waals surface area (Å²) in [6.45, 7) is 0.297. The smallest absolute Gasteiger partial charge is 0.292 e. The fourth-order valence-electron chi connectivity index (χ4n) is 1.75. The lowest BCUT2D eigenvalue weighted by Gasteiger charge is -2.08. The van der Waals surface area contributed by atoms with Crippen LogP contribution < -0.4 is 10.1 Å². The van der Waals surface area contributed by atoms with Gasteiger partial charge in [-0.1, -0.05) is 12.1 Å².